The van der Waals surface area contributed by atoms with Gasteiger partial charge in [-0.1, -0.05) is 30.3 Å². The van der Waals surface area contributed by atoms with Crippen molar-refractivity contribution >= 4 is 21.6 Å². The Labute approximate surface area is 144 Å². The van der Waals surface area contributed by atoms with Crippen LogP contribution < -0.4 is 10.1 Å². The fourth-order valence-corrected chi connectivity index (χ4v) is 2.61. The third-order valence-electron chi connectivity index (χ3n) is 3.37. The molecule has 0 spiro atoms. The second-order valence-electron chi connectivity index (χ2n) is 5.09. The predicted molar refractivity (Wildman–Crippen MR) is 96.5 cm³/mol. The molecule has 3 rings (SSSR count). The SMILES string of the molecule is Brc1ccccc1NCc1cccc(OCc2ccccn2)c1. The molecule has 0 aliphatic carbocycles. The summed E-state index contributed by atoms with van der Waals surface area (Å²) >= 11 is 3.54. The summed E-state index contributed by atoms with van der Waals surface area (Å²) in [5.41, 5.74) is 3.16. The van der Waals surface area contributed by atoms with Crippen LogP contribution >= 0.6 is 15.9 Å². The van der Waals surface area contributed by atoms with Gasteiger partial charge in [0.25, 0.3) is 0 Å². The number of nitrogens with zero attached hydrogens (tertiary/aromatic N) is 1. The van der Waals surface area contributed by atoms with Crippen molar-refractivity contribution in [2.75, 3.05) is 5.32 Å². The maximum Gasteiger partial charge on any atom is 0.130 e. The molecule has 1 heterocycles. The fraction of sp³-hybridized carbons (Fsp3) is 0.105. The van der Waals surface area contributed by atoms with Gasteiger partial charge in [-0.3, -0.25) is 4.98 Å². The molecule has 0 radical (unpaired) electrons. The van der Waals surface area contributed by atoms with Crippen molar-refractivity contribution in [1.29, 1.82) is 0 Å². The molecular weight excluding hydrogens is 352 g/mol. The molecule has 1 N–H and O–H groups in total. The van der Waals surface area contributed by atoms with Gasteiger partial charge in [0.15, 0.2) is 0 Å². The van der Waals surface area contributed by atoms with Crippen molar-refractivity contribution < 1.29 is 4.74 Å². The zero-order chi connectivity index (χ0) is 15.9. The first-order valence-electron chi connectivity index (χ1n) is 7.41. The molecule has 116 valence electrons. The highest BCUT2D eigenvalue weighted by atomic mass is 79.9. The van der Waals surface area contributed by atoms with E-state index < -0.39 is 0 Å². The summed E-state index contributed by atoms with van der Waals surface area (Å²) in [4.78, 5) is 4.26. The van der Waals surface area contributed by atoms with Crippen molar-refractivity contribution in [2.24, 2.45) is 0 Å². The molecule has 3 aromatic rings. The highest BCUT2D eigenvalue weighted by Crippen LogP contribution is 2.22. The number of benzene rings is 2. The van der Waals surface area contributed by atoms with E-state index in [0.29, 0.717) is 6.61 Å². The Kier molecular flexibility index (Phi) is 5.27. The number of aromatic nitrogens is 1. The maximum atomic E-state index is 5.81. The summed E-state index contributed by atoms with van der Waals surface area (Å²) in [6.45, 7) is 1.21. The average molecular weight is 369 g/mol. The summed E-state index contributed by atoms with van der Waals surface area (Å²) < 4.78 is 6.87. The normalized spacial score (nSPS) is 10.3. The van der Waals surface area contributed by atoms with Crippen LogP contribution in [0, 0.1) is 0 Å². The number of halogens is 1. The summed E-state index contributed by atoms with van der Waals surface area (Å²) in [6.07, 6.45) is 1.77. The van der Waals surface area contributed by atoms with E-state index in [4.69, 9.17) is 4.74 Å². The van der Waals surface area contributed by atoms with E-state index in [1.165, 1.54) is 5.56 Å². The lowest BCUT2D eigenvalue weighted by atomic mass is 10.2. The smallest absolute Gasteiger partial charge is 0.130 e. The Morgan fingerprint density at radius 1 is 0.957 bits per heavy atom. The molecule has 23 heavy (non-hydrogen) atoms. The first-order valence-corrected chi connectivity index (χ1v) is 8.20. The van der Waals surface area contributed by atoms with E-state index in [9.17, 15) is 0 Å². The van der Waals surface area contributed by atoms with Gasteiger partial charge in [0.2, 0.25) is 0 Å². The van der Waals surface area contributed by atoms with Crippen LogP contribution in [0.3, 0.4) is 0 Å². The van der Waals surface area contributed by atoms with Crippen LogP contribution in [-0.4, -0.2) is 4.98 Å². The largest absolute Gasteiger partial charge is 0.487 e. The molecule has 0 saturated carbocycles. The topological polar surface area (TPSA) is 34.1 Å². The molecular formula is C19H17BrN2O. The van der Waals surface area contributed by atoms with Crippen molar-refractivity contribution in [2.45, 2.75) is 13.2 Å². The summed E-state index contributed by atoms with van der Waals surface area (Å²) in [6, 6.07) is 22.0. The number of pyridine rings is 1. The molecule has 0 bridgehead atoms. The molecule has 0 unspecified atom stereocenters. The Morgan fingerprint density at radius 2 is 1.83 bits per heavy atom. The van der Waals surface area contributed by atoms with Gasteiger partial charge in [0.05, 0.1) is 5.69 Å². The number of hydrogen-bond donors (Lipinski definition) is 1. The van der Waals surface area contributed by atoms with Crippen LogP contribution in [0.15, 0.2) is 77.4 Å². The standard InChI is InChI=1S/C19H17BrN2O/c20-18-9-1-2-10-19(18)22-13-15-6-5-8-17(12-15)23-14-16-7-3-4-11-21-16/h1-12,22H,13-14H2. The Bertz CT molecular complexity index is 762. The Hall–Kier alpha value is -2.33. The lowest BCUT2D eigenvalue weighted by Gasteiger charge is -2.10. The number of anilines is 1. The lowest BCUT2D eigenvalue weighted by molar-refractivity contribution is 0.301. The monoisotopic (exact) mass is 368 g/mol. The number of para-hydroxylation sites is 1. The number of rotatable bonds is 6. The van der Waals surface area contributed by atoms with E-state index in [2.05, 4.69) is 32.3 Å². The van der Waals surface area contributed by atoms with Gasteiger partial charge >= 0.3 is 0 Å². The maximum absolute atomic E-state index is 5.81. The van der Waals surface area contributed by atoms with Crippen LogP contribution in [0.25, 0.3) is 0 Å². The second kappa shape index (κ2) is 7.79. The van der Waals surface area contributed by atoms with Crippen molar-refractivity contribution in [3.05, 3.63) is 88.7 Å². The number of ether oxygens (including phenoxy) is 1. The molecule has 0 amide bonds. The third-order valence-corrected chi connectivity index (χ3v) is 4.06. The van der Waals surface area contributed by atoms with E-state index in [0.717, 1.165) is 28.1 Å². The molecule has 2 aromatic carbocycles. The van der Waals surface area contributed by atoms with Crippen LogP contribution in [0.2, 0.25) is 0 Å². The van der Waals surface area contributed by atoms with Gasteiger partial charge in [0.1, 0.15) is 12.4 Å². The highest BCUT2D eigenvalue weighted by molar-refractivity contribution is 9.10. The summed E-state index contributed by atoms with van der Waals surface area (Å²) in [5, 5.41) is 3.42. The minimum Gasteiger partial charge on any atom is -0.487 e. The van der Waals surface area contributed by atoms with Crippen LogP contribution in [-0.2, 0) is 13.2 Å². The van der Waals surface area contributed by atoms with Gasteiger partial charge in [0, 0.05) is 22.9 Å². The molecule has 0 aliphatic rings. The lowest BCUT2D eigenvalue weighted by Crippen LogP contribution is -2.01. The molecule has 0 fully saturated rings. The van der Waals surface area contributed by atoms with Crippen molar-refractivity contribution in [3.63, 3.8) is 0 Å². The minimum atomic E-state index is 0.474. The zero-order valence-corrected chi connectivity index (χ0v) is 14.2. The Balaban J connectivity index is 1.60. The third kappa shape index (κ3) is 4.57. The first-order chi connectivity index (χ1) is 11.3. The zero-order valence-electron chi connectivity index (χ0n) is 12.6. The average Bonchev–Trinajstić information content (AvgIpc) is 2.61. The second-order valence-corrected chi connectivity index (χ2v) is 5.94. The van der Waals surface area contributed by atoms with Gasteiger partial charge in [-0.15, -0.1) is 0 Å². The molecule has 1 aromatic heterocycles. The van der Waals surface area contributed by atoms with Crippen molar-refractivity contribution in [3.8, 4) is 5.75 Å². The van der Waals surface area contributed by atoms with E-state index in [1.807, 2.05) is 60.7 Å². The fourth-order valence-electron chi connectivity index (χ4n) is 2.19. The first kappa shape index (κ1) is 15.6. The summed E-state index contributed by atoms with van der Waals surface area (Å²) in [7, 11) is 0. The van der Waals surface area contributed by atoms with E-state index in [-0.39, 0.29) is 0 Å². The van der Waals surface area contributed by atoms with Gasteiger partial charge < -0.3 is 10.1 Å². The molecule has 4 heteroatoms. The minimum absolute atomic E-state index is 0.474. The van der Waals surface area contributed by atoms with Crippen LogP contribution in [0.4, 0.5) is 5.69 Å². The van der Waals surface area contributed by atoms with Crippen molar-refractivity contribution in [1.82, 2.24) is 4.98 Å². The molecule has 0 saturated heterocycles. The highest BCUT2D eigenvalue weighted by Gasteiger charge is 2.01. The van der Waals surface area contributed by atoms with Gasteiger partial charge in [-0.05, 0) is 57.9 Å². The predicted octanol–water partition coefficient (Wildman–Crippen LogP) is 5.04. The molecule has 0 atom stereocenters. The van der Waals surface area contributed by atoms with Gasteiger partial charge in [-0.25, -0.2) is 0 Å². The summed E-state index contributed by atoms with van der Waals surface area (Å²) in [5.74, 6) is 0.849. The number of hydrogen-bond acceptors (Lipinski definition) is 3. The quantitative estimate of drug-likeness (QED) is 0.661. The van der Waals surface area contributed by atoms with Gasteiger partial charge in [-0.2, -0.15) is 0 Å². The molecule has 3 nitrogen and oxygen atoms in total. The molecule has 0 aliphatic heterocycles. The van der Waals surface area contributed by atoms with E-state index in [1.54, 1.807) is 6.20 Å². The number of nitrogens with one attached hydrogen (secondary N) is 1. The Morgan fingerprint density at radius 3 is 2.65 bits per heavy atom. The van der Waals surface area contributed by atoms with Crippen LogP contribution in [0.1, 0.15) is 11.3 Å². The van der Waals surface area contributed by atoms with Crippen LogP contribution in [0.5, 0.6) is 5.75 Å². The van der Waals surface area contributed by atoms with E-state index >= 15 is 0 Å².